The molecule has 0 amide bonds. The Labute approximate surface area is 118 Å². The summed E-state index contributed by atoms with van der Waals surface area (Å²) in [6.45, 7) is 6.60. The van der Waals surface area contributed by atoms with Crippen LogP contribution in [0, 0.1) is 0 Å². The molecule has 6 heteroatoms. The van der Waals surface area contributed by atoms with E-state index < -0.39 is 0 Å². The van der Waals surface area contributed by atoms with E-state index in [0.717, 1.165) is 14.5 Å². The highest BCUT2D eigenvalue weighted by atomic mass is 79.9. The first-order valence-corrected chi connectivity index (χ1v) is 6.74. The molecular formula is C11H16Br2N4. The van der Waals surface area contributed by atoms with Crippen molar-refractivity contribution in [3.63, 3.8) is 0 Å². The van der Waals surface area contributed by atoms with Gasteiger partial charge in [0.05, 0.1) is 6.54 Å². The zero-order chi connectivity index (χ0) is 13.1. The van der Waals surface area contributed by atoms with Gasteiger partial charge in [-0.05, 0) is 52.6 Å². The van der Waals surface area contributed by atoms with E-state index in [1.165, 1.54) is 0 Å². The zero-order valence-electron chi connectivity index (χ0n) is 10.1. The standard InChI is InChI=1S/C11H16Br2N4/c1-11(2,3)17-10(14)16-4-7-8(12)5-15-6-9(7)13/h5-6H,4H2,1-3H3,(H3,14,16,17). The third-order valence-corrected chi connectivity index (χ3v) is 3.23. The number of hydrogen-bond acceptors (Lipinski definition) is 2. The van der Waals surface area contributed by atoms with Crippen LogP contribution in [0.2, 0.25) is 0 Å². The van der Waals surface area contributed by atoms with Gasteiger partial charge in [-0.25, -0.2) is 4.99 Å². The summed E-state index contributed by atoms with van der Waals surface area (Å²) in [5.74, 6) is 0.438. The fraction of sp³-hybridized carbons (Fsp3) is 0.455. The average Bonchev–Trinajstić information content (AvgIpc) is 2.14. The van der Waals surface area contributed by atoms with Gasteiger partial charge in [-0.15, -0.1) is 0 Å². The van der Waals surface area contributed by atoms with E-state index in [1.54, 1.807) is 12.4 Å². The van der Waals surface area contributed by atoms with Crippen molar-refractivity contribution < 1.29 is 0 Å². The molecule has 94 valence electrons. The number of nitrogens with one attached hydrogen (secondary N) is 1. The first-order valence-electron chi connectivity index (χ1n) is 5.15. The van der Waals surface area contributed by atoms with Crippen molar-refractivity contribution in [3.8, 4) is 0 Å². The summed E-state index contributed by atoms with van der Waals surface area (Å²) >= 11 is 6.87. The number of halogens is 2. The molecule has 1 heterocycles. The number of nitrogens with zero attached hydrogens (tertiary/aromatic N) is 2. The number of aromatic nitrogens is 1. The van der Waals surface area contributed by atoms with Gasteiger partial charge in [-0.1, -0.05) is 0 Å². The molecule has 1 aromatic heterocycles. The Kier molecular flexibility index (Phi) is 4.94. The molecule has 4 nitrogen and oxygen atoms in total. The summed E-state index contributed by atoms with van der Waals surface area (Å²) < 4.78 is 1.83. The van der Waals surface area contributed by atoms with Gasteiger partial charge in [0.25, 0.3) is 0 Å². The molecule has 0 unspecified atom stereocenters. The van der Waals surface area contributed by atoms with Crippen LogP contribution in [0.5, 0.6) is 0 Å². The molecule has 0 saturated carbocycles. The predicted octanol–water partition coefficient (Wildman–Crippen LogP) is 2.81. The molecule has 0 aromatic carbocycles. The Morgan fingerprint density at radius 2 is 1.88 bits per heavy atom. The van der Waals surface area contributed by atoms with E-state index in [-0.39, 0.29) is 5.54 Å². The van der Waals surface area contributed by atoms with Gasteiger partial charge in [0.15, 0.2) is 5.96 Å². The fourth-order valence-corrected chi connectivity index (χ4v) is 2.36. The van der Waals surface area contributed by atoms with Gasteiger partial charge in [-0.2, -0.15) is 0 Å². The molecule has 0 radical (unpaired) electrons. The quantitative estimate of drug-likeness (QED) is 0.627. The summed E-state index contributed by atoms with van der Waals surface area (Å²) in [6.07, 6.45) is 3.48. The van der Waals surface area contributed by atoms with Crippen LogP contribution in [0.3, 0.4) is 0 Å². The second-order valence-electron chi connectivity index (χ2n) is 4.66. The molecule has 1 aromatic rings. The maximum Gasteiger partial charge on any atom is 0.189 e. The number of guanidine groups is 1. The predicted molar refractivity (Wildman–Crippen MR) is 77.9 cm³/mol. The summed E-state index contributed by atoms with van der Waals surface area (Å²) in [5, 5.41) is 3.11. The SMILES string of the molecule is CC(C)(C)NC(N)=NCc1c(Br)cncc1Br. The molecular weight excluding hydrogens is 348 g/mol. The van der Waals surface area contributed by atoms with Crippen LogP contribution in [-0.4, -0.2) is 16.5 Å². The second-order valence-corrected chi connectivity index (χ2v) is 6.37. The number of aliphatic imine (C=N–C) groups is 1. The van der Waals surface area contributed by atoms with E-state index in [1.807, 2.05) is 20.8 Å². The van der Waals surface area contributed by atoms with Crippen LogP contribution in [0.15, 0.2) is 26.3 Å². The highest BCUT2D eigenvalue weighted by molar-refractivity contribution is 9.11. The lowest BCUT2D eigenvalue weighted by molar-refractivity contribution is 0.508. The average molecular weight is 364 g/mol. The monoisotopic (exact) mass is 362 g/mol. The van der Waals surface area contributed by atoms with Crippen LogP contribution in [-0.2, 0) is 6.54 Å². The molecule has 0 aliphatic rings. The van der Waals surface area contributed by atoms with Crippen LogP contribution in [0.1, 0.15) is 26.3 Å². The van der Waals surface area contributed by atoms with E-state index in [0.29, 0.717) is 12.5 Å². The van der Waals surface area contributed by atoms with Gasteiger partial charge in [-0.3, -0.25) is 4.98 Å². The Morgan fingerprint density at radius 3 is 2.35 bits per heavy atom. The maximum atomic E-state index is 5.80. The lowest BCUT2D eigenvalue weighted by Crippen LogP contribution is -2.44. The minimum Gasteiger partial charge on any atom is -0.370 e. The van der Waals surface area contributed by atoms with Crippen molar-refractivity contribution in [2.24, 2.45) is 10.7 Å². The number of nitrogens with two attached hydrogens (primary N) is 1. The topological polar surface area (TPSA) is 63.3 Å². The highest BCUT2D eigenvalue weighted by Gasteiger charge is 2.10. The molecule has 0 aliphatic heterocycles. The zero-order valence-corrected chi connectivity index (χ0v) is 13.3. The molecule has 0 atom stereocenters. The van der Waals surface area contributed by atoms with Gasteiger partial charge in [0.1, 0.15) is 0 Å². The lowest BCUT2D eigenvalue weighted by atomic mass is 10.1. The number of pyridine rings is 1. The second kappa shape index (κ2) is 5.82. The molecule has 0 bridgehead atoms. The number of rotatable bonds is 2. The molecule has 0 fully saturated rings. The largest absolute Gasteiger partial charge is 0.370 e. The van der Waals surface area contributed by atoms with Crippen LogP contribution in [0.4, 0.5) is 0 Å². The lowest BCUT2D eigenvalue weighted by Gasteiger charge is -2.21. The summed E-state index contributed by atoms with van der Waals surface area (Å²) in [4.78, 5) is 8.34. The fourth-order valence-electron chi connectivity index (χ4n) is 1.18. The van der Waals surface area contributed by atoms with Gasteiger partial charge < -0.3 is 11.1 Å². The van der Waals surface area contributed by atoms with Crippen LogP contribution >= 0.6 is 31.9 Å². The van der Waals surface area contributed by atoms with Crippen molar-refractivity contribution >= 4 is 37.8 Å². The normalized spacial score (nSPS) is 12.6. The minimum absolute atomic E-state index is 0.0830. The molecule has 0 aliphatic carbocycles. The first kappa shape index (κ1) is 14.4. The Bertz CT molecular complexity index is 404. The summed E-state index contributed by atoms with van der Waals surface area (Å²) in [7, 11) is 0. The summed E-state index contributed by atoms with van der Waals surface area (Å²) in [5.41, 5.74) is 6.74. The highest BCUT2D eigenvalue weighted by Crippen LogP contribution is 2.24. The van der Waals surface area contributed by atoms with Gasteiger partial charge in [0, 0.05) is 32.4 Å². The molecule has 0 saturated heterocycles. The Balaban J connectivity index is 2.76. The Hall–Kier alpha value is -0.620. The van der Waals surface area contributed by atoms with Crippen LogP contribution < -0.4 is 11.1 Å². The van der Waals surface area contributed by atoms with Crippen molar-refractivity contribution in [2.75, 3.05) is 0 Å². The van der Waals surface area contributed by atoms with E-state index in [9.17, 15) is 0 Å². The van der Waals surface area contributed by atoms with Gasteiger partial charge >= 0.3 is 0 Å². The maximum absolute atomic E-state index is 5.80. The molecule has 1 rings (SSSR count). The van der Waals surface area contributed by atoms with E-state index >= 15 is 0 Å². The summed E-state index contributed by atoms with van der Waals surface area (Å²) in [6, 6.07) is 0. The number of hydrogen-bond donors (Lipinski definition) is 2. The van der Waals surface area contributed by atoms with Crippen LogP contribution in [0.25, 0.3) is 0 Å². The van der Waals surface area contributed by atoms with Crippen molar-refractivity contribution in [2.45, 2.75) is 32.9 Å². The smallest absolute Gasteiger partial charge is 0.189 e. The van der Waals surface area contributed by atoms with Crippen molar-refractivity contribution in [3.05, 3.63) is 26.9 Å². The Morgan fingerprint density at radius 1 is 1.35 bits per heavy atom. The van der Waals surface area contributed by atoms with Gasteiger partial charge in [0.2, 0.25) is 0 Å². The van der Waals surface area contributed by atoms with Crippen molar-refractivity contribution in [1.82, 2.24) is 10.3 Å². The third-order valence-electron chi connectivity index (χ3n) is 1.86. The minimum atomic E-state index is -0.0830. The molecule has 0 spiro atoms. The first-order chi connectivity index (χ1) is 7.79. The third kappa shape index (κ3) is 5.04. The molecule has 3 N–H and O–H groups in total. The molecule has 17 heavy (non-hydrogen) atoms. The van der Waals surface area contributed by atoms with Crippen molar-refractivity contribution in [1.29, 1.82) is 0 Å². The van der Waals surface area contributed by atoms with E-state index in [4.69, 9.17) is 5.73 Å². The van der Waals surface area contributed by atoms with E-state index in [2.05, 4.69) is 47.2 Å².